The SMILES string of the molecule is CC=CCC[CH]CCCCCCCC. The number of hydrogen-bond acceptors (Lipinski definition) is 0. The highest BCUT2D eigenvalue weighted by Gasteiger charge is 1.90. The Hall–Kier alpha value is -0.260. The Morgan fingerprint density at radius 1 is 0.786 bits per heavy atom. The molecule has 0 saturated carbocycles. The Morgan fingerprint density at radius 2 is 1.50 bits per heavy atom. The minimum absolute atomic E-state index is 1.23. The first-order valence-electron chi connectivity index (χ1n) is 6.34. The lowest BCUT2D eigenvalue weighted by Gasteiger charge is -2.00. The molecule has 1 radical (unpaired) electrons. The van der Waals surface area contributed by atoms with Crippen molar-refractivity contribution >= 4 is 0 Å². The summed E-state index contributed by atoms with van der Waals surface area (Å²) in [6.45, 7) is 4.36. The third kappa shape index (κ3) is 11.7. The molecule has 0 unspecified atom stereocenters. The van der Waals surface area contributed by atoms with Crippen molar-refractivity contribution in [1.29, 1.82) is 0 Å². The summed E-state index contributed by atoms with van der Waals surface area (Å²) in [7, 11) is 0. The van der Waals surface area contributed by atoms with Crippen molar-refractivity contribution in [3.05, 3.63) is 18.6 Å². The van der Waals surface area contributed by atoms with E-state index in [9.17, 15) is 0 Å². The quantitative estimate of drug-likeness (QED) is 0.328. The number of allylic oxidation sites excluding steroid dienone is 2. The molecule has 0 atom stereocenters. The lowest BCUT2D eigenvalue weighted by atomic mass is 10.1. The number of rotatable bonds is 10. The fraction of sp³-hybridized carbons (Fsp3) is 0.786. The molecule has 0 spiro atoms. The first-order chi connectivity index (χ1) is 6.91. The molecule has 0 rings (SSSR count). The average Bonchev–Trinajstić information content (AvgIpc) is 2.21. The van der Waals surface area contributed by atoms with Gasteiger partial charge in [-0.1, -0.05) is 64.0 Å². The van der Waals surface area contributed by atoms with Crippen molar-refractivity contribution < 1.29 is 0 Å². The first kappa shape index (κ1) is 13.7. The Labute approximate surface area is 90.8 Å². The monoisotopic (exact) mass is 195 g/mol. The molecule has 0 aromatic rings. The topological polar surface area (TPSA) is 0 Å². The van der Waals surface area contributed by atoms with E-state index in [1.807, 2.05) is 0 Å². The van der Waals surface area contributed by atoms with Crippen molar-refractivity contribution in [3.8, 4) is 0 Å². The van der Waals surface area contributed by atoms with E-state index in [4.69, 9.17) is 0 Å². The highest BCUT2D eigenvalue weighted by atomic mass is 14.0. The van der Waals surface area contributed by atoms with Crippen LogP contribution in [0.4, 0.5) is 0 Å². The van der Waals surface area contributed by atoms with Gasteiger partial charge in [-0.2, -0.15) is 0 Å². The first-order valence-corrected chi connectivity index (χ1v) is 6.34. The fourth-order valence-electron chi connectivity index (χ4n) is 1.59. The minimum atomic E-state index is 1.23. The van der Waals surface area contributed by atoms with Crippen LogP contribution in [0.15, 0.2) is 12.2 Å². The molecule has 0 aliphatic rings. The molecule has 0 aromatic carbocycles. The third-order valence-corrected chi connectivity index (χ3v) is 2.53. The second-order valence-electron chi connectivity index (χ2n) is 3.99. The van der Waals surface area contributed by atoms with Crippen LogP contribution in [-0.2, 0) is 0 Å². The van der Waals surface area contributed by atoms with Gasteiger partial charge in [-0.15, -0.1) is 0 Å². The summed E-state index contributed by atoms with van der Waals surface area (Å²) in [6, 6.07) is 0. The molecule has 0 heterocycles. The average molecular weight is 195 g/mol. The molecule has 0 aliphatic carbocycles. The van der Waals surface area contributed by atoms with Gasteiger partial charge in [0.2, 0.25) is 0 Å². The van der Waals surface area contributed by atoms with E-state index in [1.165, 1.54) is 57.8 Å². The zero-order valence-electron chi connectivity index (χ0n) is 10.1. The van der Waals surface area contributed by atoms with Gasteiger partial charge in [0.25, 0.3) is 0 Å². The van der Waals surface area contributed by atoms with Crippen LogP contribution in [0, 0.1) is 6.42 Å². The third-order valence-electron chi connectivity index (χ3n) is 2.53. The maximum absolute atomic E-state index is 2.44. The summed E-state index contributed by atoms with van der Waals surface area (Å²) < 4.78 is 0. The summed E-state index contributed by atoms with van der Waals surface area (Å²) in [5.41, 5.74) is 0. The van der Waals surface area contributed by atoms with Crippen LogP contribution in [0.1, 0.15) is 71.6 Å². The molecule has 0 saturated heterocycles. The summed E-state index contributed by atoms with van der Waals surface area (Å²) in [5.74, 6) is 0. The van der Waals surface area contributed by atoms with Gasteiger partial charge in [-0.05, 0) is 26.2 Å². The largest absolute Gasteiger partial charge is 0.0917 e. The van der Waals surface area contributed by atoms with E-state index in [0.717, 1.165) is 0 Å². The zero-order valence-corrected chi connectivity index (χ0v) is 10.1. The Bertz CT molecular complexity index is 113. The molecular formula is C14H27. The fourth-order valence-corrected chi connectivity index (χ4v) is 1.59. The van der Waals surface area contributed by atoms with E-state index in [-0.39, 0.29) is 0 Å². The van der Waals surface area contributed by atoms with E-state index in [2.05, 4.69) is 32.4 Å². The summed E-state index contributed by atoms with van der Waals surface area (Å²) in [5, 5.41) is 0. The molecule has 14 heavy (non-hydrogen) atoms. The molecule has 0 aromatic heterocycles. The van der Waals surface area contributed by atoms with Crippen LogP contribution in [-0.4, -0.2) is 0 Å². The van der Waals surface area contributed by atoms with E-state index >= 15 is 0 Å². The predicted octanol–water partition coefficient (Wildman–Crippen LogP) is 5.30. The van der Waals surface area contributed by atoms with Crippen LogP contribution >= 0.6 is 0 Å². The molecule has 0 bridgehead atoms. The highest BCUT2D eigenvalue weighted by molar-refractivity contribution is 4.79. The molecule has 0 heteroatoms. The van der Waals surface area contributed by atoms with E-state index in [0.29, 0.717) is 0 Å². The van der Waals surface area contributed by atoms with Crippen LogP contribution in [0.3, 0.4) is 0 Å². The molecule has 0 nitrogen and oxygen atoms in total. The van der Waals surface area contributed by atoms with Crippen LogP contribution < -0.4 is 0 Å². The lowest BCUT2D eigenvalue weighted by Crippen LogP contribution is -1.81. The Balaban J connectivity index is 2.85. The van der Waals surface area contributed by atoms with Crippen LogP contribution in [0.2, 0.25) is 0 Å². The standard InChI is InChI=1S/C14H27/c1-3-5-7-9-11-13-14-12-10-8-6-4-2/h3,5,11H,4,6-10,12-14H2,1-2H3. The van der Waals surface area contributed by atoms with Gasteiger partial charge >= 0.3 is 0 Å². The summed E-state index contributed by atoms with van der Waals surface area (Å²) >= 11 is 0. The molecular weight excluding hydrogens is 168 g/mol. The lowest BCUT2D eigenvalue weighted by molar-refractivity contribution is 0.601. The maximum atomic E-state index is 2.44. The molecule has 0 aliphatic heterocycles. The minimum Gasteiger partial charge on any atom is -0.0917 e. The van der Waals surface area contributed by atoms with Crippen molar-refractivity contribution in [3.63, 3.8) is 0 Å². The normalized spacial score (nSPS) is 11.3. The predicted molar refractivity (Wildman–Crippen MR) is 66.3 cm³/mol. The summed E-state index contributed by atoms with van der Waals surface area (Å²) in [6.07, 6.45) is 19.1. The van der Waals surface area contributed by atoms with E-state index in [1.54, 1.807) is 0 Å². The highest BCUT2D eigenvalue weighted by Crippen LogP contribution is 2.09. The van der Waals surface area contributed by atoms with E-state index < -0.39 is 0 Å². The van der Waals surface area contributed by atoms with Crippen LogP contribution in [0.5, 0.6) is 0 Å². The Kier molecular flexibility index (Phi) is 12.5. The zero-order chi connectivity index (χ0) is 10.5. The molecule has 0 fully saturated rings. The van der Waals surface area contributed by atoms with Gasteiger partial charge in [0.1, 0.15) is 0 Å². The van der Waals surface area contributed by atoms with Gasteiger partial charge < -0.3 is 0 Å². The number of hydrogen-bond donors (Lipinski definition) is 0. The van der Waals surface area contributed by atoms with Crippen LogP contribution in [0.25, 0.3) is 0 Å². The number of unbranched alkanes of at least 4 members (excludes halogenated alkanes) is 9. The van der Waals surface area contributed by atoms with Gasteiger partial charge in [-0.3, -0.25) is 0 Å². The molecule has 0 amide bonds. The second kappa shape index (κ2) is 12.7. The van der Waals surface area contributed by atoms with Crippen molar-refractivity contribution in [2.75, 3.05) is 0 Å². The molecule has 0 N–H and O–H groups in total. The molecule has 83 valence electrons. The van der Waals surface area contributed by atoms with Gasteiger partial charge in [0.15, 0.2) is 0 Å². The summed E-state index contributed by atoms with van der Waals surface area (Å²) in [4.78, 5) is 0. The van der Waals surface area contributed by atoms with Gasteiger partial charge in [0, 0.05) is 0 Å². The second-order valence-corrected chi connectivity index (χ2v) is 3.99. The Morgan fingerprint density at radius 3 is 2.21 bits per heavy atom. The van der Waals surface area contributed by atoms with Gasteiger partial charge in [-0.25, -0.2) is 0 Å². The maximum Gasteiger partial charge on any atom is -0.0348 e. The van der Waals surface area contributed by atoms with Crippen molar-refractivity contribution in [2.45, 2.75) is 71.6 Å². The smallest absolute Gasteiger partial charge is 0.0348 e. The van der Waals surface area contributed by atoms with Crippen molar-refractivity contribution in [1.82, 2.24) is 0 Å². The van der Waals surface area contributed by atoms with Gasteiger partial charge in [0.05, 0.1) is 0 Å². The van der Waals surface area contributed by atoms with Crippen molar-refractivity contribution in [2.24, 2.45) is 0 Å².